The summed E-state index contributed by atoms with van der Waals surface area (Å²) in [4.78, 5) is 35.5. The number of piperidine rings is 1. The molecule has 0 aromatic rings. The summed E-state index contributed by atoms with van der Waals surface area (Å²) in [5.41, 5.74) is 5.21. The minimum atomic E-state index is -1.05. The number of nitrogens with one attached hydrogen (secondary N) is 1. The molecule has 1 atom stereocenters. The maximum atomic E-state index is 11.9. The van der Waals surface area contributed by atoms with Gasteiger partial charge in [-0.1, -0.05) is 13.8 Å². The van der Waals surface area contributed by atoms with Gasteiger partial charge in [-0.2, -0.15) is 0 Å². The number of carbonyl (C=O) groups is 3. The quantitative estimate of drug-likeness (QED) is 0.668. The van der Waals surface area contributed by atoms with Crippen LogP contribution < -0.4 is 11.1 Å². The van der Waals surface area contributed by atoms with Crippen molar-refractivity contribution in [3.05, 3.63) is 0 Å². The number of amides is 3. The summed E-state index contributed by atoms with van der Waals surface area (Å²) in [6, 6.07) is -1.30. The molecule has 1 heterocycles. The van der Waals surface area contributed by atoms with E-state index in [2.05, 4.69) is 5.32 Å². The minimum absolute atomic E-state index is 0.190. The molecule has 0 aromatic carbocycles. The number of primary amides is 1. The van der Waals surface area contributed by atoms with Gasteiger partial charge in [-0.25, -0.2) is 9.59 Å². The summed E-state index contributed by atoms with van der Waals surface area (Å²) in [6.07, 6.45) is 1.06. The van der Waals surface area contributed by atoms with Gasteiger partial charge in [0.05, 0.1) is 0 Å². The predicted molar refractivity (Wildman–Crippen MR) is 68.3 cm³/mol. The summed E-state index contributed by atoms with van der Waals surface area (Å²) < 4.78 is 0. The molecule has 1 fully saturated rings. The van der Waals surface area contributed by atoms with Gasteiger partial charge in [0, 0.05) is 19.0 Å². The Morgan fingerprint density at radius 3 is 2.16 bits per heavy atom. The van der Waals surface area contributed by atoms with Crippen molar-refractivity contribution in [3.63, 3.8) is 0 Å². The summed E-state index contributed by atoms with van der Waals surface area (Å²) in [5.74, 6) is -1.77. The molecule has 0 aliphatic carbocycles. The first-order chi connectivity index (χ1) is 8.82. The fourth-order valence-corrected chi connectivity index (χ4v) is 2.10. The maximum Gasteiger partial charge on any atom is 0.326 e. The number of carboxylic acids is 1. The third kappa shape index (κ3) is 4.11. The normalized spacial score (nSPS) is 18.2. The number of carbonyl (C=O) groups excluding carboxylic acids is 2. The molecule has 0 bridgehead atoms. The molecule has 1 aliphatic heterocycles. The summed E-state index contributed by atoms with van der Waals surface area (Å²) >= 11 is 0. The maximum absolute atomic E-state index is 11.9. The van der Waals surface area contributed by atoms with E-state index < -0.39 is 18.0 Å². The first-order valence-corrected chi connectivity index (χ1v) is 6.40. The van der Waals surface area contributed by atoms with Gasteiger partial charge >= 0.3 is 12.0 Å². The molecule has 1 aliphatic rings. The van der Waals surface area contributed by atoms with Crippen LogP contribution in [-0.2, 0) is 9.59 Å². The van der Waals surface area contributed by atoms with Crippen LogP contribution in [-0.4, -0.2) is 47.0 Å². The first-order valence-electron chi connectivity index (χ1n) is 6.40. The highest BCUT2D eigenvalue weighted by Crippen LogP contribution is 2.16. The van der Waals surface area contributed by atoms with Crippen molar-refractivity contribution in [2.75, 3.05) is 13.1 Å². The SMILES string of the molecule is CC(C)C(NC(=O)N1CCC(C(N)=O)CC1)C(=O)O. The second kappa shape index (κ2) is 6.40. The molecule has 0 aromatic heterocycles. The van der Waals surface area contributed by atoms with Crippen molar-refractivity contribution < 1.29 is 19.5 Å². The number of carboxylic acid groups (broad SMARTS) is 1. The molecule has 4 N–H and O–H groups in total. The molecular formula is C12H21N3O4. The number of urea groups is 1. The number of hydrogen-bond donors (Lipinski definition) is 3. The molecule has 108 valence electrons. The number of nitrogens with zero attached hydrogens (tertiary/aromatic N) is 1. The third-order valence-corrected chi connectivity index (χ3v) is 3.40. The summed E-state index contributed by atoms with van der Waals surface area (Å²) in [7, 11) is 0. The molecule has 0 saturated carbocycles. The molecular weight excluding hydrogens is 250 g/mol. The van der Waals surface area contributed by atoms with Crippen molar-refractivity contribution in [1.29, 1.82) is 0 Å². The van der Waals surface area contributed by atoms with E-state index in [1.165, 1.54) is 4.90 Å². The monoisotopic (exact) mass is 271 g/mol. The molecule has 0 spiro atoms. The number of nitrogens with two attached hydrogens (primary N) is 1. The van der Waals surface area contributed by atoms with Crippen LogP contribution >= 0.6 is 0 Å². The van der Waals surface area contributed by atoms with Crippen LogP contribution in [0.5, 0.6) is 0 Å². The number of hydrogen-bond acceptors (Lipinski definition) is 3. The Morgan fingerprint density at radius 1 is 1.26 bits per heavy atom. The largest absolute Gasteiger partial charge is 0.480 e. The van der Waals surface area contributed by atoms with Gasteiger partial charge in [-0.15, -0.1) is 0 Å². The Bertz CT molecular complexity index is 362. The van der Waals surface area contributed by atoms with Crippen molar-refractivity contribution >= 4 is 17.9 Å². The smallest absolute Gasteiger partial charge is 0.326 e. The van der Waals surface area contributed by atoms with Crippen LogP contribution in [0.4, 0.5) is 4.79 Å². The number of likely N-dealkylation sites (tertiary alicyclic amines) is 1. The highest BCUT2D eigenvalue weighted by Gasteiger charge is 2.29. The fraction of sp³-hybridized carbons (Fsp3) is 0.750. The van der Waals surface area contributed by atoms with Gasteiger partial charge in [0.15, 0.2) is 0 Å². The zero-order valence-corrected chi connectivity index (χ0v) is 11.3. The highest BCUT2D eigenvalue weighted by molar-refractivity contribution is 5.83. The van der Waals surface area contributed by atoms with Crippen molar-refractivity contribution in [1.82, 2.24) is 10.2 Å². The van der Waals surface area contributed by atoms with Crippen molar-refractivity contribution in [3.8, 4) is 0 Å². The lowest BCUT2D eigenvalue weighted by atomic mass is 9.96. The summed E-state index contributed by atoms with van der Waals surface area (Å²) in [5, 5.41) is 11.5. The second-order valence-corrected chi connectivity index (χ2v) is 5.17. The van der Waals surface area contributed by atoms with E-state index in [4.69, 9.17) is 10.8 Å². The predicted octanol–water partition coefficient (Wildman–Crippen LogP) is 0.00250. The minimum Gasteiger partial charge on any atom is -0.480 e. The van der Waals surface area contributed by atoms with E-state index in [1.807, 2.05) is 0 Å². The van der Waals surface area contributed by atoms with Crippen LogP contribution in [0.1, 0.15) is 26.7 Å². The van der Waals surface area contributed by atoms with E-state index in [-0.39, 0.29) is 17.7 Å². The highest BCUT2D eigenvalue weighted by atomic mass is 16.4. The van der Waals surface area contributed by atoms with Gasteiger partial charge in [0.1, 0.15) is 6.04 Å². The van der Waals surface area contributed by atoms with E-state index in [9.17, 15) is 14.4 Å². The van der Waals surface area contributed by atoms with Crippen LogP contribution in [0.3, 0.4) is 0 Å². The number of aliphatic carboxylic acids is 1. The molecule has 1 saturated heterocycles. The Morgan fingerprint density at radius 2 is 1.79 bits per heavy atom. The zero-order chi connectivity index (χ0) is 14.6. The van der Waals surface area contributed by atoms with Gasteiger partial charge in [-0.05, 0) is 18.8 Å². The average Bonchev–Trinajstić information content (AvgIpc) is 2.34. The van der Waals surface area contributed by atoms with Crippen molar-refractivity contribution in [2.45, 2.75) is 32.7 Å². The Hall–Kier alpha value is -1.79. The van der Waals surface area contributed by atoms with Gasteiger partial charge in [0.25, 0.3) is 0 Å². The summed E-state index contributed by atoms with van der Waals surface area (Å²) in [6.45, 7) is 4.31. The molecule has 3 amide bonds. The lowest BCUT2D eigenvalue weighted by Gasteiger charge is -2.32. The molecule has 1 rings (SSSR count). The Kier molecular flexibility index (Phi) is 5.14. The lowest BCUT2D eigenvalue weighted by Crippen LogP contribution is -2.52. The molecule has 7 heteroatoms. The molecule has 1 unspecified atom stereocenters. The average molecular weight is 271 g/mol. The van der Waals surface area contributed by atoms with Crippen LogP contribution in [0.2, 0.25) is 0 Å². The number of rotatable bonds is 4. The molecule has 19 heavy (non-hydrogen) atoms. The fourth-order valence-electron chi connectivity index (χ4n) is 2.10. The van der Waals surface area contributed by atoms with Gasteiger partial charge in [-0.3, -0.25) is 4.79 Å². The molecule has 0 radical (unpaired) electrons. The van der Waals surface area contributed by atoms with Crippen molar-refractivity contribution in [2.24, 2.45) is 17.6 Å². The lowest BCUT2D eigenvalue weighted by molar-refractivity contribution is -0.140. The zero-order valence-electron chi connectivity index (χ0n) is 11.3. The van der Waals surface area contributed by atoms with Crippen LogP contribution in [0.15, 0.2) is 0 Å². The van der Waals surface area contributed by atoms with Crippen LogP contribution in [0, 0.1) is 11.8 Å². The topological polar surface area (TPSA) is 113 Å². The Balaban J connectivity index is 2.51. The van der Waals surface area contributed by atoms with E-state index >= 15 is 0 Å². The molecule has 7 nitrogen and oxygen atoms in total. The standard InChI is InChI=1S/C12H21N3O4/c1-7(2)9(11(17)18)14-12(19)15-5-3-8(4-6-15)10(13)16/h7-9H,3-6H2,1-2H3,(H2,13,16)(H,14,19)(H,17,18). The first kappa shape index (κ1) is 15.3. The Labute approximate surface area is 112 Å². The van der Waals surface area contributed by atoms with Crippen LogP contribution in [0.25, 0.3) is 0 Å². The van der Waals surface area contributed by atoms with E-state index in [0.29, 0.717) is 25.9 Å². The van der Waals surface area contributed by atoms with E-state index in [0.717, 1.165) is 0 Å². The van der Waals surface area contributed by atoms with Gasteiger partial charge in [0.2, 0.25) is 5.91 Å². The third-order valence-electron chi connectivity index (χ3n) is 3.40. The van der Waals surface area contributed by atoms with Gasteiger partial charge < -0.3 is 21.1 Å². The second-order valence-electron chi connectivity index (χ2n) is 5.17. The van der Waals surface area contributed by atoms with E-state index in [1.54, 1.807) is 13.8 Å².